The molecule has 1 atom stereocenters. The monoisotopic (exact) mass is 218 g/mol. The zero-order valence-corrected chi connectivity index (χ0v) is 9.29. The van der Waals surface area contributed by atoms with Crippen LogP contribution in [0.2, 0.25) is 0 Å². The van der Waals surface area contributed by atoms with Gasteiger partial charge >= 0.3 is 0 Å². The lowest BCUT2D eigenvalue weighted by molar-refractivity contribution is -0.129. The Morgan fingerprint density at radius 2 is 2.46 bits per heavy atom. The van der Waals surface area contributed by atoms with Gasteiger partial charge < -0.3 is 10.6 Å². The molecule has 1 aliphatic heterocycles. The predicted molar refractivity (Wildman–Crippen MR) is 59.9 cm³/mol. The van der Waals surface area contributed by atoms with Gasteiger partial charge in [0.15, 0.2) is 0 Å². The average Bonchev–Trinajstić information content (AvgIpc) is 2.03. The van der Waals surface area contributed by atoms with Crippen molar-refractivity contribution < 1.29 is 4.79 Å². The summed E-state index contributed by atoms with van der Waals surface area (Å²) in [7, 11) is 0. The fourth-order valence-corrected chi connectivity index (χ4v) is 2.44. The van der Waals surface area contributed by atoms with Crippen molar-refractivity contribution in [3.05, 3.63) is 0 Å². The molecular weight excluding hydrogens is 204 g/mol. The molecule has 0 aromatic rings. The third-order valence-electron chi connectivity index (χ3n) is 1.92. The quantitative estimate of drug-likeness (QED) is 0.691. The van der Waals surface area contributed by atoms with Gasteiger partial charge in [0.25, 0.3) is 0 Å². The molecule has 1 unspecified atom stereocenters. The van der Waals surface area contributed by atoms with Crippen LogP contribution < -0.4 is 5.73 Å². The molecule has 2 N–H and O–H groups in total. The van der Waals surface area contributed by atoms with Crippen LogP contribution in [-0.4, -0.2) is 39.9 Å². The van der Waals surface area contributed by atoms with E-state index in [1.165, 1.54) is 0 Å². The summed E-state index contributed by atoms with van der Waals surface area (Å²) in [5.74, 6) is 1.09. The van der Waals surface area contributed by atoms with E-state index in [4.69, 9.17) is 18.0 Å². The second kappa shape index (κ2) is 4.81. The highest BCUT2D eigenvalue weighted by atomic mass is 32.2. The van der Waals surface area contributed by atoms with E-state index >= 15 is 0 Å². The first-order valence-electron chi connectivity index (χ1n) is 4.27. The van der Waals surface area contributed by atoms with Crippen LogP contribution in [0.25, 0.3) is 0 Å². The second-order valence-electron chi connectivity index (χ2n) is 3.16. The van der Waals surface area contributed by atoms with E-state index in [9.17, 15) is 4.79 Å². The van der Waals surface area contributed by atoms with Crippen molar-refractivity contribution in [2.24, 2.45) is 5.73 Å². The number of thiocarbonyl (C=S) groups is 1. The molecule has 1 aliphatic rings. The van der Waals surface area contributed by atoms with Gasteiger partial charge in [-0.05, 0) is 0 Å². The number of thioether (sulfide) groups is 1. The summed E-state index contributed by atoms with van der Waals surface area (Å²) in [4.78, 5) is 13.6. The highest BCUT2D eigenvalue weighted by Gasteiger charge is 2.21. The van der Waals surface area contributed by atoms with Crippen LogP contribution >= 0.6 is 24.0 Å². The van der Waals surface area contributed by atoms with E-state index in [0.717, 1.165) is 18.8 Å². The van der Waals surface area contributed by atoms with Gasteiger partial charge in [-0.1, -0.05) is 19.1 Å². The van der Waals surface area contributed by atoms with Crippen LogP contribution in [-0.2, 0) is 4.79 Å². The molecule has 13 heavy (non-hydrogen) atoms. The first-order valence-corrected chi connectivity index (χ1v) is 5.73. The summed E-state index contributed by atoms with van der Waals surface area (Å²) in [5, 5.41) is 0.532. The van der Waals surface area contributed by atoms with E-state index in [0.29, 0.717) is 5.25 Å². The Hall–Kier alpha value is -0.290. The maximum absolute atomic E-state index is 11.5. The zero-order valence-electron chi connectivity index (χ0n) is 7.66. The number of hydrogen-bond acceptors (Lipinski definition) is 3. The summed E-state index contributed by atoms with van der Waals surface area (Å²) in [5.41, 5.74) is 5.31. The number of hydrogen-bond donors (Lipinski definition) is 1. The van der Waals surface area contributed by atoms with Crippen LogP contribution in [0.1, 0.15) is 13.3 Å². The van der Waals surface area contributed by atoms with Crippen molar-refractivity contribution in [3.8, 4) is 0 Å². The van der Waals surface area contributed by atoms with E-state index in [1.807, 2.05) is 16.7 Å². The number of carbonyl (C=O) groups is 1. The summed E-state index contributed by atoms with van der Waals surface area (Å²) in [6, 6.07) is 0. The van der Waals surface area contributed by atoms with Gasteiger partial charge in [0.05, 0.1) is 11.4 Å². The number of amides is 1. The predicted octanol–water partition coefficient (Wildman–Crippen LogP) is 0.627. The molecule has 0 aliphatic carbocycles. The molecule has 1 saturated heterocycles. The largest absolute Gasteiger partial charge is 0.393 e. The average molecular weight is 218 g/mol. The van der Waals surface area contributed by atoms with Crippen molar-refractivity contribution in [3.63, 3.8) is 0 Å². The lowest BCUT2D eigenvalue weighted by Crippen LogP contribution is -2.42. The second-order valence-corrected chi connectivity index (χ2v) is 5.23. The fraction of sp³-hybridized carbons (Fsp3) is 0.750. The molecule has 0 saturated carbocycles. The molecule has 0 bridgehead atoms. The highest BCUT2D eigenvalue weighted by Crippen LogP contribution is 2.18. The maximum atomic E-state index is 11.5. The van der Waals surface area contributed by atoms with E-state index in [-0.39, 0.29) is 17.3 Å². The topological polar surface area (TPSA) is 46.3 Å². The summed E-state index contributed by atoms with van der Waals surface area (Å²) in [6.07, 6.45) is 0.215. The van der Waals surface area contributed by atoms with Crippen molar-refractivity contribution in [1.29, 1.82) is 0 Å². The van der Waals surface area contributed by atoms with Crippen molar-refractivity contribution in [2.75, 3.05) is 18.8 Å². The van der Waals surface area contributed by atoms with Crippen LogP contribution in [0, 0.1) is 0 Å². The van der Waals surface area contributed by atoms with Crippen molar-refractivity contribution in [2.45, 2.75) is 18.6 Å². The fourth-order valence-electron chi connectivity index (χ4n) is 1.31. The Labute approximate surface area is 88.0 Å². The standard InChI is InChI=1S/C8H14N2OS2/c1-6-5-10(2-3-13-6)8(11)4-7(9)12/h6H,2-5H2,1H3,(H2,9,12). The minimum Gasteiger partial charge on any atom is -0.393 e. The summed E-state index contributed by atoms with van der Waals surface area (Å²) < 4.78 is 0. The summed E-state index contributed by atoms with van der Waals surface area (Å²) >= 11 is 6.60. The van der Waals surface area contributed by atoms with Crippen LogP contribution in [0.4, 0.5) is 0 Å². The van der Waals surface area contributed by atoms with Gasteiger partial charge in [-0.2, -0.15) is 11.8 Å². The van der Waals surface area contributed by atoms with Crippen LogP contribution in [0.3, 0.4) is 0 Å². The lowest BCUT2D eigenvalue weighted by atomic mass is 10.3. The van der Waals surface area contributed by atoms with E-state index in [2.05, 4.69) is 6.92 Å². The molecule has 0 radical (unpaired) electrons. The van der Waals surface area contributed by atoms with Crippen LogP contribution in [0.15, 0.2) is 0 Å². The highest BCUT2D eigenvalue weighted by molar-refractivity contribution is 7.99. The Kier molecular flexibility index (Phi) is 3.99. The van der Waals surface area contributed by atoms with Crippen LogP contribution in [0.5, 0.6) is 0 Å². The number of carbonyl (C=O) groups excluding carboxylic acids is 1. The number of rotatable bonds is 2. The Morgan fingerprint density at radius 1 is 1.77 bits per heavy atom. The molecule has 0 aromatic carbocycles. The molecule has 1 fully saturated rings. The van der Waals surface area contributed by atoms with Crippen molar-refractivity contribution in [1.82, 2.24) is 4.90 Å². The number of nitrogens with zero attached hydrogens (tertiary/aromatic N) is 1. The minimum absolute atomic E-state index is 0.0691. The van der Waals surface area contributed by atoms with Crippen molar-refractivity contribution >= 4 is 34.9 Å². The molecule has 3 nitrogen and oxygen atoms in total. The third kappa shape index (κ3) is 3.52. The molecule has 1 rings (SSSR count). The molecule has 74 valence electrons. The van der Waals surface area contributed by atoms with Gasteiger partial charge in [0.2, 0.25) is 5.91 Å². The lowest BCUT2D eigenvalue weighted by Gasteiger charge is -2.30. The molecule has 0 spiro atoms. The Morgan fingerprint density at radius 3 is 3.00 bits per heavy atom. The number of nitrogens with two attached hydrogens (primary N) is 1. The smallest absolute Gasteiger partial charge is 0.229 e. The third-order valence-corrected chi connectivity index (χ3v) is 3.20. The first-order chi connectivity index (χ1) is 6.09. The van der Waals surface area contributed by atoms with Gasteiger partial charge in [-0.3, -0.25) is 4.79 Å². The van der Waals surface area contributed by atoms with Gasteiger partial charge in [0.1, 0.15) is 0 Å². The summed E-state index contributed by atoms with van der Waals surface area (Å²) in [6.45, 7) is 3.79. The zero-order chi connectivity index (χ0) is 9.84. The minimum atomic E-state index is 0.0691. The normalized spacial score (nSPS) is 22.8. The molecule has 1 heterocycles. The first kappa shape index (κ1) is 10.8. The molecule has 0 aromatic heterocycles. The Balaban J connectivity index is 2.41. The van der Waals surface area contributed by atoms with E-state index < -0.39 is 0 Å². The van der Waals surface area contributed by atoms with Gasteiger partial charge in [-0.15, -0.1) is 0 Å². The Bertz CT molecular complexity index is 220. The molecule has 1 amide bonds. The SMILES string of the molecule is CC1CN(C(=O)CC(N)=S)CCS1. The van der Waals surface area contributed by atoms with Gasteiger partial charge in [0, 0.05) is 24.1 Å². The van der Waals surface area contributed by atoms with E-state index in [1.54, 1.807) is 0 Å². The molecule has 5 heteroatoms. The van der Waals surface area contributed by atoms with Gasteiger partial charge in [-0.25, -0.2) is 0 Å². The maximum Gasteiger partial charge on any atom is 0.229 e. The molecular formula is C8H14N2OS2.